The summed E-state index contributed by atoms with van der Waals surface area (Å²) in [5.74, 6) is -0.0491. The predicted octanol–water partition coefficient (Wildman–Crippen LogP) is 4.42. The predicted molar refractivity (Wildman–Crippen MR) is 103 cm³/mol. The largest absolute Gasteiger partial charge is 0.361 e. The highest BCUT2D eigenvalue weighted by atomic mass is 32.2. The number of carbonyl (C=O) groups excluding carboxylic acids is 1. The van der Waals surface area contributed by atoms with Gasteiger partial charge in [-0.15, -0.1) is 23.1 Å². The summed E-state index contributed by atoms with van der Waals surface area (Å²) in [6.45, 7) is 0. The van der Waals surface area contributed by atoms with Crippen LogP contribution in [0.1, 0.15) is 24.0 Å². The summed E-state index contributed by atoms with van der Waals surface area (Å²) in [5, 5.41) is 7.31. The molecule has 0 atom stereocenters. The van der Waals surface area contributed by atoms with Gasteiger partial charge in [0, 0.05) is 29.1 Å². The lowest BCUT2D eigenvalue weighted by Crippen LogP contribution is -2.17. The van der Waals surface area contributed by atoms with Crippen LogP contribution in [0.15, 0.2) is 51.2 Å². The number of benzene rings is 1. The van der Waals surface area contributed by atoms with Crippen molar-refractivity contribution in [1.82, 2.24) is 10.4 Å². The van der Waals surface area contributed by atoms with Gasteiger partial charge in [-0.05, 0) is 42.2 Å². The van der Waals surface area contributed by atoms with Crippen molar-refractivity contribution in [3.05, 3.63) is 53.0 Å². The Labute approximate surface area is 149 Å². The Morgan fingerprint density at radius 1 is 1.38 bits per heavy atom. The Morgan fingerprint density at radius 2 is 2.25 bits per heavy atom. The minimum Gasteiger partial charge on any atom is -0.361 e. The van der Waals surface area contributed by atoms with E-state index in [0.717, 1.165) is 23.9 Å². The third-order valence-corrected chi connectivity index (χ3v) is 5.88. The molecule has 0 aliphatic heterocycles. The van der Waals surface area contributed by atoms with Crippen molar-refractivity contribution in [2.24, 2.45) is 5.10 Å². The third-order valence-electron chi connectivity index (χ3n) is 3.76. The molecule has 3 rings (SSSR count). The van der Waals surface area contributed by atoms with Crippen LogP contribution in [0, 0.1) is 0 Å². The van der Waals surface area contributed by atoms with Crippen molar-refractivity contribution < 1.29 is 4.79 Å². The molecule has 0 saturated carbocycles. The number of hydrazone groups is 1. The van der Waals surface area contributed by atoms with Gasteiger partial charge in [0.15, 0.2) is 0 Å². The van der Waals surface area contributed by atoms with Gasteiger partial charge < -0.3 is 4.98 Å². The quantitative estimate of drug-likeness (QED) is 0.373. The minimum atomic E-state index is -0.0491. The molecule has 0 unspecified atom stereocenters. The lowest BCUT2D eigenvalue weighted by molar-refractivity contribution is -0.121. The number of thioether (sulfide) groups is 1. The van der Waals surface area contributed by atoms with Crippen LogP contribution in [0.25, 0.3) is 10.9 Å². The van der Waals surface area contributed by atoms with Crippen LogP contribution in [-0.4, -0.2) is 23.4 Å². The molecule has 3 aromatic rings. The molecule has 0 spiro atoms. The molecule has 124 valence electrons. The number of amides is 1. The zero-order valence-corrected chi connectivity index (χ0v) is 15.0. The van der Waals surface area contributed by atoms with Gasteiger partial charge in [0.1, 0.15) is 0 Å². The standard InChI is InChI=1S/C18H19N3OS2/c1-23-18-14(9-10-24-18)12-20-21-17(22)8-4-5-13-11-19-16-7-3-2-6-15(13)16/h2-3,6-7,9-12,19H,4-5,8H2,1H3,(H,21,22). The first kappa shape index (κ1) is 16.8. The average molecular weight is 358 g/mol. The number of hydrogen-bond donors (Lipinski definition) is 2. The first-order valence-corrected chi connectivity index (χ1v) is 9.87. The Balaban J connectivity index is 1.46. The maximum Gasteiger partial charge on any atom is 0.240 e. The van der Waals surface area contributed by atoms with Gasteiger partial charge in [-0.2, -0.15) is 5.10 Å². The van der Waals surface area contributed by atoms with Gasteiger partial charge >= 0.3 is 0 Å². The van der Waals surface area contributed by atoms with Crippen LogP contribution >= 0.6 is 23.1 Å². The van der Waals surface area contributed by atoms with Gasteiger partial charge in [0.2, 0.25) is 5.91 Å². The molecule has 0 fully saturated rings. The van der Waals surface area contributed by atoms with E-state index in [0.29, 0.717) is 6.42 Å². The van der Waals surface area contributed by atoms with E-state index in [1.165, 1.54) is 15.2 Å². The van der Waals surface area contributed by atoms with E-state index in [9.17, 15) is 4.79 Å². The number of aromatic amines is 1. The highest BCUT2D eigenvalue weighted by Gasteiger charge is 2.05. The molecule has 2 aromatic heterocycles. The first-order valence-electron chi connectivity index (χ1n) is 7.76. The van der Waals surface area contributed by atoms with E-state index >= 15 is 0 Å². The number of hydrogen-bond acceptors (Lipinski definition) is 4. The molecular formula is C18H19N3OS2. The molecule has 0 aliphatic carbocycles. The maximum atomic E-state index is 11.9. The van der Waals surface area contributed by atoms with E-state index in [-0.39, 0.29) is 5.91 Å². The number of para-hydroxylation sites is 1. The van der Waals surface area contributed by atoms with Gasteiger partial charge in [0.05, 0.1) is 10.4 Å². The SMILES string of the molecule is CSc1sccc1C=NNC(=O)CCCc1c[nH]c2ccccc12. The van der Waals surface area contributed by atoms with E-state index in [4.69, 9.17) is 0 Å². The van der Waals surface area contributed by atoms with E-state index in [1.54, 1.807) is 29.3 Å². The fourth-order valence-electron chi connectivity index (χ4n) is 2.57. The van der Waals surface area contributed by atoms with Crippen molar-refractivity contribution in [2.75, 3.05) is 6.26 Å². The van der Waals surface area contributed by atoms with Gasteiger partial charge in [0.25, 0.3) is 0 Å². The smallest absolute Gasteiger partial charge is 0.240 e. The van der Waals surface area contributed by atoms with Crippen molar-refractivity contribution in [3.63, 3.8) is 0 Å². The molecule has 1 amide bonds. The highest BCUT2D eigenvalue weighted by molar-refractivity contribution is 8.00. The van der Waals surface area contributed by atoms with Crippen LogP contribution in [-0.2, 0) is 11.2 Å². The summed E-state index contributed by atoms with van der Waals surface area (Å²) in [5.41, 5.74) is 6.05. The Hall–Kier alpha value is -2.05. The van der Waals surface area contributed by atoms with Gasteiger partial charge in [-0.1, -0.05) is 18.2 Å². The average Bonchev–Trinajstić information content (AvgIpc) is 3.22. The van der Waals surface area contributed by atoms with Crippen LogP contribution in [0.5, 0.6) is 0 Å². The Kier molecular flexibility index (Phi) is 5.72. The molecule has 0 radical (unpaired) electrons. The molecule has 0 saturated heterocycles. The van der Waals surface area contributed by atoms with Crippen LogP contribution in [0.4, 0.5) is 0 Å². The third kappa shape index (κ3) is 4.07. The number of nitrogens with zero attached hydrogens (tertiary/aromatic N) is 1. The molecule has 24 heavy (non-hydrogen) atoms. The highest BCUT2D eigenvalue weighted by Crippen LogP contribution is 2.25. The Bertz CT molecular complexity index is 851. The van der Waals surface area contributed by atoms with Crippen LogP contribution in [0.2, 0.25) is 0 Å². The second-order valence-corrected chi connectivity index (χ2v) is 7.36. The molecule has 1 aromatic carbocycles. The lowest BCUT2D eigenvalue weighted by Gasteiger charge is -2.00. The number of aryl methyl sites for hydroxylation is 1. The summed E-state index contributed by atoms with van der Waals surface area (Å²) >= 11 is 3.36. The number of aromatic nitrogens is 1. The molecule has 0 aliphatic rings. The van der Waals surface area contributed by atoms with E-state index in [2.05, 4.69) is 27.6 Å². The molecule has 6 heteroatoms. The number of fused-ring (bicyclic) bond motifs is 1. The van der Waals surface area contributed by atoms with Crippen molar-refractivity contribution in [3.8, 4) is 0 Å². The van der Waals surface area contributed by atoms with E-state index in [1.807, 2.05) is 36.0 Å². The summed E-state index contributed by atoms with van der Waals surface area (Å²) in [4.78, 5) is 15.1. The molecule has 2 N–H and O–H groups in total. The van der Waals surface area contributed by atoms with Crippen molar-refractivity contribution in [2.45, 2.75) is 23.5 Å². The summed E-state index contributed by atoms with van der Waals surface area (Å²) in [6.07, 6.45) is 7.92. The monoisotopic (exact) mass is 357 g/mol. The molecule has 4 nitrogen and oxygen atoms in total. The summed E-state index contributed by atoms with van der Waals surface area (Å²) in [6, 6.07) is 10.2. The number of nitrogens with one attached hydrogen (secondary N) is 2. The van der Waals surface area contributed by atoms with Gasteiger partial charge in [-0.25, -0.2) is 5.43 Å². The van der Waals surface area contributed by atoms with Crippen molar-refractivity contribution >= 4 is 46.1 Å². The van der Waals surface area contributed by atoms with E-state index < -0.39 is 0 Å². The number of carbonyl (C=O) groups is 1. The number of rotatable bonds is 7. The number of H-pyrrole nitrogens is 1. The first-order chi connectivity index (χ1) is 11.8. The fourth-order valence-corrected chi connectivity index (χ4v) is 4.08. The second-order valence-electron chi connectivity index (χ2n) is 5.37. The second kappa shape index (κ2) is 8.17. The van der Waals surface area contributed by atoms with Crippen LogP contribution < -0.4 is 5.43 Å². The topological polar surface area (TPSA) is 57.2 Å². The lowest BCUT2D eigenvalue weighted by atomic mass is 10.1. The minimum absolute atomic E-state index is 0.0491. The molecule has 0 bridgehead atoms. The fraction of sp³-hybridized carbons (Fsp3) is 0.222. The zero-order chi connectivity index (χ0) is 16.8. The number of thiophene rings is 1. The van der Waals surface area contributed by atoms with Crippen molar-refractivity contribution in [1.29, 1.82) is 0 Å². The zero-order valence-electron chi connectivity index (χ0n) is 13.4. The molecule has 2 heterocycles. The van der Waals surface area contributed by atoms with Crippen LogP contribution in [0.3, 0.4) is 0 Å². The van der Waals surface area contributed by atoms with Gasteiger partial charge in [-0.3, -0.25) is 4.79 Å². The summed E-state index contributed by atoms with van der Waals surface area (Å²) in [7, 11) is 0. The molecular weight excluding hydrogens is 338 g/mol. The normalized spacial score (nSPS) is 11.4. The maximum absolute atomic E-state index is 11.9. The Morgan fingerprint density at radius 3 is 3.12 bits per heavy atom. The summed E-state index contributed by atoms with van der Waals surface area (Å²) < 4.78 is 1.20.